The Labute approximate surface area is 152 Å². The number of rotatable bonds is 5. The van der Waals surface area contributed by atoms with E-state index < -0.39 is 0 Å². The van der Waals surface area contributed by atoms with Crippen LogP contribution in [-0.4, -0.2) is 38.1 Å². The Kier molecular flexibility index (Phi) is 4.05. The number of aromatic amines is 1. The van der Waals surface area contributed by atoms with Crippen molar-refractivity contribution >= 4 is 0 Å². The summed E-state index contributed by atoms with van der Waals surface area (Å²) in [6.07, 6.45) is 8.63. The molecule has 2 atom stereocenters. The largest absolute Gasteiger partial charge is 0.348 e. The molecule has 3 heterocycles. The van der Waals surface area contributed by atoms with Crippen LogP contribution in [0.3, 0.4) is 0 Å². The fourth-order valence-corrected chi connectivity index (χ4v) is 3.97. The maximum atomic E-state index is 5.56. The van der Waals surface area contributed by atoms with Gasteiger partial charge < -0.3 is 9.51 Å². The van der Waals surface area contributed by atoms with Crippen molar-refractivity contribution in [2.45, 2.75) is 44.1 Å². The van der Waals surface area contributed by atoms with Crippen molar-refractivity contribution < 1.29 is 4.52 Å². The van der Waals surface area contributed by atoms with Gasteiger partial charge >= 0.3 is 0 Å². The molecule has 2 aromatic heterocycles. The van der Waals surface area contributed by atoms with E-state index in [-0.39, 0.29) is 0 Å². The zero-order valence-corrected chi connectivity index (χ0v) is 14.8. The molecule has 0 amide bonds. The zero-order valence-electron chi connectivity index (χ0n) is 14.8. The average Bonchev–Trinajstić information content (AvgIpc) is 3.10. The number of hydrogen-bond donors (Lipinski definition) is 1. The number of nitrogens with zero attached hydrogens (tertiary/aromatic N) is 4. The molecule has 5 rings (SSSR count). The van der Waals surface area contributed by atoms with E-state index in [1.54, 1.807) is 6.33 Å². The van der Waals surface area contributed by atoms with E-state index in [1.807, 2.05) is 6.20 Å². The fourth-order valence-electron chi connectivity index (χ4n) is 3.97. The molecule has 2 aliphatic rings. The third-order valence-corrected chi connectivity index (χ3v) is 5.51. The summed E-state index contributed by atoms with van der Waals surface area (Å²) in [5.74, 6) is 2.17. The molecule has 0 radical (unpaired) electrons. The highest BCUT2D eigenvalue weighted by Crippen LogP contribution is 2.53. The first kappa shape index (κ1) is 15.8. The highest BCUT2D eigenvalue weighted by molar-refractivity contribution is 5.55. The lowest BCUT2D eigenvalue weighted by molar-refractivity contribution is 0.221. The second-order valence-electron chi connectivity index (χ2n) is 7.45. The summed E-state index contributed by atoms with van der Waals surface area (Å²) in [5, 5.41) is 4.23. The Hall–Kier alpha value is -2.47. The highest BCUT2D eigenvalue weighted by atomic mass is 16.5. The number of benzene rings is 1. The molecule has 0 unspecified atom stereocenters. The van der Waals surface area contributed by atoms with Gasteiger partial charge in [0, 0.05) is 35.8 Å². The maximum Gasteiger partial charge on any atom is 0.230 e. The minimum atomic E-state index is 0.313. The summed E-state index contributed by atoms with van der Waals surface area (Å²) >= 11 is 0. The topological polar surface area (TPSA) is 70.8 Å². The molecule has 3 aromatic rings. The van der Waals surface area contributed by atoms with Crippen molar-refractivity contribution in [1.29, 1.82) is 0 Å². The number of likely N-dealkylation sites (tertiary alicyclic amines) is 1. The number of hydrogen-bond acceptors (Lipinski definition) is 5. The zero-order chi connectivity index (χ0) is 17.3. The van der Waals surface area contributed by atoms with Crippen molar-refractivity contribution in [1.82, 2.24) is 25.0 Å². The molecule has 0 bridgehead atoms. The van der Waals surface area contributed by atoms with Crippen molar-refractivity contribution in [3.63, 3.8) is 0 Å². The normalized spacial score (nSPS) is 23.2. The Morgan fingerprint density at radius 3 is 2.92 bits per heavy atom. The fraction of sp³-hybridized carbons (Fsp3) is 0.450. The predicted molar refractivity (Wildman–Crippen MR) is 97.5 cm³/mol. The van der Waals surface area contributed by atoms with Crippen LogP contribution in [0.1, 0.15) is 54.7 Å². The second kappa shape index (κ2) is 6.68. The molecule has 6 heteroatoms. The van der Waals surface area contributed by atoms with Crippen LogP contribution in [0.2, 0.25) is 0 Å². The molecular weight excluding hydrogens is 326 g/mol. The molecule has 1 aliphatic carbocycles. The van der Waals surface area contributed by atoms with Crippen molar-refractivity contribution in [2.24, 2.45) is 0 Å². The van der Waals surface area contributed by atoms with Gasteiger partial charge in [-0.15, -0.1) is 0 Å². The van der Waals surface area contributed by atoms with E-state index in [9.17, 15) is 0 Å². The van der Waals surface area contributed by atoms with Crippen LogP contribution in [0.5, 0.6) is 0 Å². The Bertz CT molecular complexity index is 866. The van der Waals surface area contributed by atoms with Crippen LogP contribution in [0.25, 0.3) is 11.4 Å². The highest BCUT2D eigenvalue weighted by Gasteiger charge is 2.44. The monoisotopic (exact) mass is 349 g/mol. The van der Waals surface area contributed by atoms with E-state index in [0.717, 1.165) is 30.1 Å². The van der Waals surface area contributed by atoms with E-state index in [4.69, 9.17) is 4.52 Å². The van der Waals surface area contributed by atoms with E-state index in [2.05, 4.69) is 49.3 Å². The average molecular weight is 349 g/mol. The van der Waals surface area contributed by atoms with Crippen LogP contribution < -0.4 is 0 Å². The molecule has 1 saturated carbocycles. The van der Waals surface area contributed by atoms with E-state index >= 15 is 0 Å². The Morgan fingerprint density at radius 1 is 1.15 bits per heavy atom. The molecule has 6 nitrogen and oxygen atoms in total. The third-order valence-electron chi connectivity index (χ3n) is 5.51. The van der Waals surface area contributed by atoms with Gasteiger partial charge in [0.25, 0.3) is 0 Å². The number of H-pyrrole nitrogens is 1. The maximum absolute atomic E-state index is 5.56. The molecular formula is C20H23N5O. The van der Waals surface area contributed by atoms with Gasteiger partial charge in [0.15, 0.2) is 0 Å². The Balaban J connectivity index is 1.30. The van der Waals surface area contributed by atoms with Gasteiger partial charge in [-0.2, -0.15) is 4.98 Å². The summed E-state index contributed by atoms with van der Waals surface area (Å²) in [6, 6.07) is 8.54. The van der Waals surface area contributed by atoms with Crippen LogP contribution >= 0.6 is 0 Å². The van der Waals surface area contributed by atoms with Gasteiger partial charge in [-0.3, -0.25) is 4.90 Å². The standard InChI is InChI=1S/C20H23N5O/c1-2-7-25(8-3-1)12-14-5-4-6-15(9-14)19-23-20(26-24-19)17-10-16(17)18-11-21-13-22-18/h4-6,9,11,13,16-17H,1-3,7-8,10,12H2,(H,21,22)/t16-,17-/m1/s1. The van der Waals surface area contributed by atoms with Crippen LogP contribution in [0, 0.1) is 0 Å². The second-order valence-corrected chi connectivity index (χ2v) is 7.45. The van der Waals surface area contributed by atoms with Gasteiger partial charge in [-0.05, 0) is 44.0 Å². The lowest BCUT2D eigenvalue weighted by Gasteiger charge is -2.26. The van der Waals surface area contributed by atoms with Gasteiger partial charge in [0.05, 0.1) is 6.33 Å². The van der Waals surface area contributed by atoms with Gasteiger partial charge in [-0.1, -0.05) is 29.8 Å². The van der Waals surface area contributed by atoms with Crippen LogP contribution in [-0.2, 0) is 6.54 Å². The smallest absolute Gasteiger partial charge is 0.230 e. The molecule has 0 spiro atoms. The molecule has 1 aliphatic heterocycles. The van der Waals surface area contributed by atoms with Crippen molar-refractivity contribution in [3.8, 4) is 11.4 Å². The quantitative estimate of drug-likeness (QED) is 0.760. The number of imidazole rings is 1. The summed E-state index contributed by atoms with van der Waals surface area (Å²) in [5.41, 5.74) is 3.50. The summed E-state index contributed by atoms with van der Waals surface area (Å²) in [7, 11) is 0. The summed E-state index contributed by atoms with van der Waals surface area (Å²) in [6.45, 7) is 3.41. The summed E-state index contributed by atoms with van der Waals surface area (Å²) < 4.78 is 5.56. The molecule has 1 saturated heterocycles. The molecule has 1 N–H and O–H groups in total. The van der Waals surface area contributed by atoms with Crippen molar-refractivity contribution in [2.75, 3.05) is 13.1 Å². The first-order valence-electron chi connectivity index (χ1n) is 9.50. The lowest BCUT2D eigenvalue weighted by Crippen LogP contribution is -2.29. The number of nitrogens with one attached hydrogen (secondary N) is 1. The lowest BCUT2D eigenvalue weighted by atomic mass is 10.1. The Morgan fingerprint density at radius 2 is 2.08 bits per heavy atom. The SMILES string of the molecule is c1cc(CN2CCCCC2)cc(-c2noc([C@@H]3C[C@H]3c3cnc[nH]3)n2)c1. The van der Waals surface area contributed by atoms with E-state index in [1.165, 1.54) is 37.9 Å². The predicted octanol–water partition coefficient (Wildman–Crippen LogP) is 3.72. The first-order valence-corrected chi connectivity index (χ1v) is 9.50. The van der Waals surface area contributed by atoms with Crippen LogP contribution in [0.4, 0.5) is 0 Å². The number of piperidine rings is 1. The third kappa shape index (κ3) is 3.17. The van der Waals surface area contributed by atoms with Crippen molar-refractivity contribution in [3.05, 3.63) is 53.9 Å². The van der Waals surface area contributed by atoms with Gasteiger partial charge in [0.1, 0.15) is 0 Å². The van der Waals surface area contributed by atoms with E-state index in [0.29, 0.717) is 17.7 Å². The summed E-state index contributed by atoms with van der Waals surface area (Å²) in [4.78, 5) is 14.5. The molecule has 2 fully saturated rings. The molecule has 26 heavy (non-hydrogen) atoms. The first-order chi connectivity index (χ1) is 12.9. The van der Waals surface area contributed by atoms with Gasteiger partial charge in [-0.25, -0.2) is 4.98 Å². The number of aromatic nitrogens is 4. The minimum Gasteiger partial charge on any atom is -0.348 e. The molecule has 1 aromatic carbocycles. The van der Waals surface area contributed by atoms with Crippen LogP contribution in [0.15, 0.2) is 41.3 Å². The van der Waals surface area contributed by atoms with Gasteiger partial charge in [0.2, 0.25) is 11.7 Å². The molecule has 134 valence electrons. The minimum absolute atomic E-state index is 0.313.